The Morgan fingerprint density at radius 2 is 1.96 bits per heavy atom. The number of aromatic nitrogens is 2. The van der Waals surface area contributed by atoms with Gasteiger partial charge in [0.1, 0.15) is 11.6 Å². The number of hydrogen-bond acceptors (Lipinski definition) is 5. The highest BCUT2D eigenvalue weighted by Gasteiger charge is 2.35. The zero-order valence-electron chi connectivity index (χ0n) is 15.5. The van der Waals surface area contributed by atoms with E-state index in [1.54, 1.807) is 24.1 Å². The van der Waals surface area contributed by atoms with Crippen molar-refractivity contribution in [3.05, 3.63) is 77.2 Å². The Balaban J connectivity index is 1.32. The molecule has 1 fully saturated rings. The maximum atomic E-state index is 13.0. The average molecular weight is 381 g/mol. The van der Waals surface area contributed by atoms with Gasteiger partial charge in [-0.3, -0.25) is 4.79 Å². The van der Waals surface area contributed by atoms with Gasteiger partial charge < -0.3 is 14.2 Å². The summed E-state index contributed by atoms with van der Waals surface area (Å²) in [5, 5.41) is 4.06. The maximum Gasteiger partial charge on any atom is 0.233 e. The highest BCUT2D eigenvalue weighted by molar-refractivity contribution is 5.79. The Morgan fingerprint density at radius 3 is 2.71 bits per heavy atom. The topological polar surface area (TPSA) is 68.5 Å². The molecule has 1 aliphatic rings. The molecule has 0 unspecified atom stereocenters. The van der Waals surface area contributed by atoms with Crippen LogP contribution >= 0.6 is 0 Å². The van der Waals surface area contributed by atoms with Crippen LogP contribution in [0.5, 0.6) is 5.75 Å². The van der Waals surface area contributed by atoms with Crippen molar-refractivity contribution >= 4 is 5.91 Å². The number of nitrogens with zero attached hydrogens (tertiary/aromatic N) is 3. The lowest BCUT2D eigenvalue weighted by Gasteiger charge is -2.37. The SMILES string of the molecule is COc1ccccc1Cc1noc(C2CN(C(=O)Cc3ccc(F)cc3)C2)n1. The lowest BCUT2D eigenvalue weighted by atomic mass is 9.98. The molecule has 4 rings (SSSR count). The third kappa shape index (κ3) is 3.88. The summed E-state index contributed by atoms with van der Waals surface area (Å²) in [5.74, 6) is 1.69. The number of carbonyl (C=O) groups excluding carboxylic acids is 1. The minimum Gasteiger partial charge on any atom is -0.496 e. The molecule has 0 N–H and O–H groups in total. The molecule has 7 heteroatoms. The van der Waals surface area contributed by atoms with E-state index in [0.29, 0.717) is 31.2 Å². The van der Waals surface area contributed by atoms with Gasteiger partial charge in [-0.15, -0.1) is 0 Å². The second-order valence-electron chi connectivity index (χ2n) is 6.84. The van der Waals surface area contributed by atoms with Crippen LogP contribution in [0.3, 0.4) is 0 Å². The molecule has 1 aliphatic heterocycles. The third-order valence-electron chi connectivity index (χ3n) is 4.88. The first kappa shape index (κ1) is 18.2. The number of para-hydroxylation sites is 1. The average Bonchev–Trinajstić information content (AvgIpc) is 3.11. The molecule has 28 heavy (non-hydrogen) atoms. The highest BCUT2D eigenvalue weighted by atomic mass is 19.1. The van der Waals surface area contributed by atoms with Crippen LogP contribution in [-0.2, 0) is 17.6 Å². The van der Waals surface area contributed by atoms with E-state index < -0.39 is 0 Å². The number of hydrogen-bond donors (Lipinski definition) is 0. The van der Waals surface area contributed by atoms with Crippen molar-refractivity contribution in [2.75, 3.05) is 20.2 Å². The van der Waals surface area contributed by atoms with Crippen molar-refractivity contribution in [1.29, 1.82) is 0 Å². The number of ether oxygens (including phenoxy) is 1. The van der Waals surface area contributed by atoms with Crippen molar-refractivity contribution in [3.63, 3.8) is 0 Å². The Hall–Kier alpha value is -3.22. The quantitative estimate of drug-likeness (QED) is 0.657. The number of halogens is 1. The summed E-state index contributed by atoms with van der Waals surface area (Å²) in [6.07, 6.45) is 0.781. The minimum absolute atomic E-state index is 0.0108. The fourth-order valence-electron chi connectivity index (χ4n) is 3.25. The van der Waals surface area contributed by atoms with Crippen molar-refractivity contribution < 1.29 is 18.4 Å². The lowest BCUT2D eigenvalue weighted by Crippen LogP contribution is -2.49. The summed E-state index contributed by atoms with van der Waals surface area (Å²) < 4.78 is 23.7. The summed E-state index contributed by atoms with van der Waals surface area (Å²) in [7, 11) is 1.63. The molecule has 1 saturated heterocycles. The molecule has 1 aromatic heterocycles. The zero-order valence-corrected chi connectivity index (χ0v) is 15.5. The van der Waals surface area contributed by atoms with Gasteiger partial charge in [0.2, 0.25) is 11.8 Å². The number of methoxy groups -OCH3 is 1. The molecule has 6 nitrogen and oxygen atoms in total. The van der Waals surface area contributed by atoms with E-state index in [9.17, 15) is 9.18 Å². The maximum absolute atomic E-state index is 13.0. The number of amides is 1. The smallest absolute Gasteiger partial charge is 0.233 e. The first-order valence-corrected chi connectivity index (χ1v) is 9.09. The Bertz CT molecular complexity index is 965. The normalized spacial score (nSPS) is 14.0. The predicted molar refractivity (Wildman–Crippen MR) is 99.5 cm³/mol. The van der Waals surface area contributed by atoms with Crippen LogP contribution in [0.4, 0.5) is 4.39 Å². The van der Waals surface area contributed by atoms with E-state index in [0.717, 1.165) is 16.9 Å². The van der Waals surface area contributed by atoms with Gasteiger partial charge in [0.25, 0.3) is 0 Å². The molecular formula is C21H20FN3O3. The number of rotatable bonds is 6. The van der Waals surface area contributed by atoms with E-state index in [1.807, 2.05) is 24.3 Å². The van der Waals surface area contributed by atoms with Crippen LogP contribution in [0.25, 0.3) is 0 Å². The van der Waals surface area contributed by atoms with Crippen molar-refractivity contribution in [1.82, 2.24) is 15.0 Å². The lowest BCUT2D eigenvalue weighted by molar-refractivity contribution is -0.135. The van der Waals surface area contributed by atoms with Crippen LogP contribution in [0, 0.1) is 5.82 Å². The van der Waals surface area contributed by atoms with Gasteiger partial charge in [0.05, 0.1) is 19.4 Å². The molecule has 0 atom stereocenters. The van der Waals surface area contributed by atoms with Gasteiger partial charge in [-0.2, -0.15) is 4.98 Å². The third-order valence-corrected chi connectivity index (χ3v) is 4.88. The number of benzene rings is 2. The molecule has 0 radical (unpaired) electrons. The van der Waals surface area contributed by atoms with Crippen LogP contribution < -0.4 is 4.74 Å². The van der Waals surface area contributed by atoms with E-state index in [2.05, 4.69) is 10.1 Å². The first-order chi connectivity index (χ1) is 13.6. The Morgan fingerprint density at radius 1 is 1.21 bits per heavy atom. The second-order valence-corrected chi connectivity index (χ2v) is 6.84. The van der Waals surface area contributed by atoms with E-state index in [1.165, 1.54) is 12.1 Å². The molecule has 144 valence electrons. The van der Waals surface area contributed by atoms with Crippen molar-refractivity contribution in [3.8, 4) is 5.75 Å². The molecule has 0 bridgehead atoms. The van der Waals surface area contributed by atoms with Gasteiger partial charge in [0, 0.05) is 25.1 Å². The monoisotopic (exact) mass is 381 g/mol. The molecule has 0 aliphatic carbocycles. The first-order valence-electron chi connectivity index (χ1n) is 9.09. The van der Waals surface area contributed by atoms with Gasteiger partial charge in [0.15, 0.2) is 5.82 Å². The molecule has 2 heterocycles. The highest BCUT2D eigenvalue weighted by Crippen LogP contribution is 2.27. The van der Waals surface area contributed by atoms with Gasteiger partial charge in [-0.05, 0) is 23.8 Å². The van der Waals surface area contributed by atoms with Crippen molar-refractivity contribution in [2.24, 2.45) is 0 Å². The van der Waals surface area contributed by atoms with Gasteiger partial charge in [-0.1, -0.05) is 35.5 Å². The summed E-state index contributed by atoms with van der Waals surface area (Å²) >= 11 is 0. The van der Waals surface area contributed by atoms with Crippen LogP contribution in [0.15, 0.2) is 53.1 Å². The largest absolute Gasteiger partial charge is 0.496 e. The Labute approximate surface area is 161 Å². The van der Waals surface area contributed by atoms with E-state index in [4.69, 9.17) is 9.26 Å². The van der Waals surface area contributed by atoms with Crippen LogP contribution in [-0.4, -0.2) is 41.1 Å². The summed E-state index contributed by atoms with van der Waals surface area (Å²) in [4.78, 5) is 18.6. The van der Waals surface area contributed by atoms with Crippen LogP contribution in [0.1, 0.15) is 28.8 Å². The van der Waals surface area contributed by atoms with Gasteiger partial charge in [-0.25, -0.2) is 4.39 Å². The predicted octanol–water partition coefficient (Wildman–Crippen LogP) is 2.98. The van der Waals surface area contributed by atoms with Crippen molar-refractivity contribution in [2.45, 2.75) is 18.8 Å². The standard InChI is InChI=1S/C21H20FN3O3/c1-27-18-5-3-2-4-15(18)11-19-23-21(28-24-19)16-12-25(13-16)20(26)10-14-6-8-17(22)9-7-14/h2-9,16H,10-13H2,1H3. The van der Waals surface area contributed by atoms with Gasteiger partial charge >= 0.3 is 0 Å². The number of likely N-dealkylation sites (tertiary alicyclic amines) is 1. The summed E-state index contributed by atoms with van der Waals surface area (Å²) in [6, 6.07) is 13.7. The molecule has 2 aromatic carbocycles. The fraction of sp³-hybridized carbons (Fsp3) is 0.286. The molecule has 1 amide bonds. The summed E-state index contributed by atoms with van der Waals surface area (Å²) in [6.45, 7) is 1.10. The molecular weight excluding hydrogens is 361 g/mol. The van der Waals surface area contributed by atoms with Crippen LogP contribution in [0.2, 0.25) is 0 Å². The molecule has 0 saturated carbocycles. The number of carbonyl (C=O) groups is 1. The molecule has 3 aromatic rings. The fourth-order valence-corrected chi connectivity index (χ4v) is 3.25. The Kier molecular flexibility index (Phi) is 5.06. The zero-order chi connectivity index (χ0) is 19.5. The second kappa shape index (κ2) is 7.80. The summed E-state index contributed by atoms with van der Waals surface area (Å²) in [5.41, 5.74) is 1.79. The van der Waals surface area contributed by atoms with E-state index >= 15 is 0 Å². The van der Waals surface area contributed by atoms with E-state index in [-0.39, 0.29) is 24.1 Å². The minimum atomic E-state index is -0.305. The molecule has 0 spiro atoms.